The molecular formula is C18H26ClN3O3. The number of nitrogens with zero attached hydrogens (tertiary/aromatic N) is 1. The Morgan fingerprint density at radius 1 is 1.20 bits per heavy atom. The SMILES string of the molecule is Cl.O=C(Nc1ccc(CCC(=O)N2CCCC2)cc1)C1COCCN1. The Bertz CT molecular complexity index is 567. The van der Waals surface area contributed by atoms with Gasteiger partial charge in [0.1, 0.15) is 6.04 Å². The minimum atomic E-state index is -0.295. The van der Waals surface area contributed by atoms with Gasteiger partial charge in [-0.05, 0) is 37.0 Å². The van der Waals surface area contributed by atoms with Gasteiger partial charge in [0.2, 0.25) is 11.8 Å². The van der Waals surface area contributed by atoms with Gasteiger partial charge in [0.15, 0.2) is 0 Å². The second-order valence-corrected chi connectivity index (χ2v) is 6.36. The van der Waals surface area contributed by atoms with E-state index in [1.807, 2.05) is 29.2 Å². The van der Waals surface area contributed by atoms with Crippen molar-refractivity contribution >= 4 is 29.9 Å². The molecule has 6 nitrogen and oxygen atoms in total. The molecule has 1 unspecified atom stereocenters. The molecule has 0 bridgehead atoms. The molecule has 2 aliphatic rings. The highest BCUT2D eigenvalue weighted by Gasteiger charge is 2.21. The van der Waals surface area contributed by atoms with Gasteiger partial charge in [-0.1, -0.05) is 12.1 Å². The van der Waals surface area contributed by atoms with Crippen LogP contribution in [0.4, 0.5) is 5.69 Å². The first-order valence-corrected chi connectivity index (χ1v) is 8.71. The summed E-state index contributed by atoms with van der Waals surface area (Å²) in [5.74, 6) is 0.167. The number of rotatable bonds is 5. The topological polar surface area (TPSA) is 70.7 Å². The third-order valence-electron chi connectivity index (χ3n) is 4.55. The zero-order valence-corrected chi connectivity index (χ0v) is 15.1. The van der Waals surface area contributed by atoms with Gasteiger partial charge in [-0.25, -0.2) is 0 Å². The molecule has 2 N–H and O–H groups in total. The molecule has 2 saturated heterocycles. The normalized spacial score (nSPS) is 20.0. The Kier molecular flexibility index (Phi) is 7.68. The lowest BCUT2D eigenvalue weighted by molar-refractivity contribution is -0.130. The van der Waals surface area contributed by atoms with Crippen LogP contribution in [0.2, 0.25) is 0 Å². The van der Waals surface area contributed by atoms with Crippen molar-refractivity contribution in [3.63, 3.8) is 0 Å². The van der Waals surface area contributed by atoms with Gasteiger partial charge in [0, 0.05) is 31.7 Å². The van der Waals surface area contributed by atoms with Crippen LogP contribution in [0.25, 0.3) is 0 Å². The zero-order valence-electron chi connectivity index (χ0n) is 14.3. The highest BCUT2D eigenvalue weighted by atomic mass is 35.5. The number of anilines is 1. The first kappa shape index (κ1) is 19.7. The molecule has 3 rings (SSSR count). The summed E-state index contributed by atoms with van der Waals surface area (Å²) >= 11 is 0. The Balaban J connectivity index is 0.00000225. The van der Waals surface area contributed by atoms with Crippen molar-refractivity contribution in [2.75, 3.05) is 38.2 Å². The molecule has 0 aromatic heterocycles. The van der Waals surface area contributed by atoms with Crippen LogP contribution in [0.3, 0.4) is 0 Å². The largest absolute Gasteiger partial charge is 0.378 e. The second-order valence-electron chi connectivity index (χ2n) is 6.36. The van der Waals surface area contributed by atoms with E-state index in [2.05, 4.69) is 10.6 Å². The van der Waals surface area contributed by atoms with Crippen molar-refractivity contribution in [2.45, 2.75) is 31.7 Å². The molecule has 1 atom stereocenters. The van der Waals surface area contributed by atoms with E-state index < -0.39 is 0 Å². The molecule has 1 aromatic carbocycles. The van der Waals surface area contributed by atoms with Gasteiger partial charge in [0.25, 0.3) is 0 Å². The van der Waals surface area contributed by atoms with Gasteiger partial charge in [0.05, 0.1) is 13.2 Å². The molecule has 0 aliphatic carbocycles. The van der Waals surface area contributed by atoms with Crippen molar-refractivity contribution in [1.29, 1.82) is 0 Å². The lowest BCUT2D eigenvalue weighted by Crippen LogP contribution is -2.48. The van der Waals surface area contributed by atoms with Crippen LogP contribution in [-0.4, -0.2) is 55.6 Å². The molecule has 0 saturated carbocycles. The third kappa shape index (κ3) is 5.70. The van der Waals surface area contributed by atoms with Gasteiger partial charge in [-0.2, -0.15) is 0 Å². The van der Waals surface area contributed by atoms with Crippen molar-refractivity contribution < 1.29 is 14.3 Å². The Labute approximate surface area is 154 Å². The number of carbonyl (C=O) groups is 2. The summed E-state index contributed by atoms with van der Waals surface area (Å²) in [5.41, 5.74) is 1.88. The molecule has 2 fully saturated rings. The molecule has 1 aromatic rings. The summed E-state index contributed by atoms with van der Waals surface area (Å²) in [6.07, 6.45) is 3.54. The van der Waals surface area contributed by atoms with Crippen LogP contribution in [0.1, 0.15) is 24.8 Å². The number of halogens is 1. The molecule has 138 valence electrons. The lowest BCUT2D eigenvalue weighted by atomic mass is 10.1. The number of aryl methyl sites for hydroxylation is 1. The van der Waals surface area contributed by atoms with E-state index in [0.717, 1.165) is 43.6 Å². The lowest BCUT2D eigenvalue weighted by Gasteiger charge is -2.22. The predicted molar refractivity (Wildman–Crippen MR) is 99.1 cm³/mol. The van der Waals surface area contributed by atoms with Crippen molar-refractivity contribution in [3.05, 3.63) is 29.8 Å². The number of hydrogen-bond acceptors (Lipinski definition) is 4. The summed E-state index contributed by atoms with van der Waals surface area (Å²) in [6, 6.07) is 7.42. The molecule has 2 aliphatic heterocycles. The molecule has 2 heterocycles. The van der Waals surface area contributed by atoms with Crippen LogP contribution in [-0.2, 0) is 20.7 Å². The third-order valence-corrected chi connectivity index (χ3v) is 4.55. The minimum Gasteiger partial charge on any atom is -0.378 e. The molecule has 2 amide bonds. The van der Waals surface area contributed by atoms with Crippen molar-refractivity contribution in [3.8, 4) is 0 Å². The highest BCUT2D eigenvalue weighted by Crippen LogP contribution is 2.14. The van der Waals surface area contributed by atoms with E-state index in [1.165, 1.54) is 0 Å². The zero-order chi connectivity index (χ0) is 16.8. The van der Waals surface area contributed by atoms with E-state index in [9.17, 15) is 9.59 Å². The number of ether oxygens (including phenoxy) is 1. The standard InChI is InChI=1S/C18H25N3O3.ClH/c22-17(21-10-1-2-11-21)8-5-14-3-6-15(7-4-14)20-18(23)16-13-24-12-9-19-16;/h3-4,6-7,16,19H,1-2,5,8-13H2,(H,20,23);1H. The fourth-order valence-electron chi connectivity index (χ4n) is 3.09. The van der Waals surface area contributed by atoms with Gasteiger partial charge < -0.3 is 20.3 Å². The first-order valence-electron chi connectivity index (χ1n) is 8.71. The number of amides is 2. The van der Waals surface area contributed by atoms with E-state index in [0.29, 0.717) is 26.2 Å². The van der Waals surface area contributed by atoms with Crippen molar-refractivity contribution in [2.24, 2.45) is 0 Å². The average Bonchev–Trinajstić information content (AvgIpc) is 3.16. The van der Waals surface area contributed by atoms with Crippen LogP contribution >= 0.6 is 12.4 Å². The number of benzene rings is 1. The van der Waals surface area contributed by atoms with Crippen LogP contribution in [0.15, 0.2) is 24.3 Å². The van der Waals surface area contributed by atoms with Crippen molar-refractivity contribution in [1.82, 2.24) is 10.2 Å². The second kappa shape index (κ2) is 9.75. The monoisotopic (exact) mass is 367 g/mol. The molecule has 0 spiro atoms. The predicted octanol–water partition coefficient (Wildman–Crippen LogP) is 1.59. The minimum absolute atomic E-state index is 0. The number of likely N-dealkylation sites (tertiary alicyclic amines) is 1. The number of nitrogens with one attached hydrogen (secondary N) is 2. The van der Waals surface area contributed by atoms with E-state index in [1.54, 1.807) is 0 Å². The summed E-state index contributed by atoms with van der Waals surface area (Å²) < 4.78 is 5.30. The maximum absolute atomic E-state index is 12.1. The number of carbonyl (C=O) groups excluding carboxylic acids is 2. The van der Waals surface area contributed by atoms with Gasteiger partial charge in [-0.15, -0.1) is 12.4 Å². The van der Waals surface area contributed by atoms with E-state index in [-0.39, 0.29) is 30.3 Å². The smallest absolute Gasteiger partial charge is 0.243 e. The van der Waals surface area contributed by atoms with E-state index in [4.69, 9.17) is 4.74 Å². The van der Waals surface area contributed by atoms with Crippen LogP contribution in [0, 0.1) is 0 Å². The Morgan fingerprint density at radius 3 is 2.56 bits per heavy atom. The maximum Gasteiger partial charge on any atom is 0.243 e. The maximum atomic E-state index is 12.1. The molecule has 7 heteroatoms. The molecular weight excluding hydrogens is 342 g/mol. The summed E-state index contributed by atoms with van der Waals surface area (Å²) in [5, 5.41) is 6.02. The number of hydrogen-bond donors (Lipinski definition) is 2. The van der Waals surface area contributed by atoms with Crippen LogP contribution < -0.4 is 10.6 Å². The summed E-state index contributed by atoms with van der Waals surface area (Å²) in [6.45, 7) is 3.56. The average molecular weight is 368 g/mol. The van der Waals surface area contributed by atoms with Gasteiger partial charge in [-0.3, -0.25) is 9.59 Å². The quantitative estimate of drug-likeness (QED) is 0.829. The summed E-state index contributed by atoms with van der Waals surface area (Å²) in [7, 11) is 0. The fraction of sp³-hybridized carbons (Fsp3) is 0.556. The molecule has 25 heavy (non-hydrogen) atoms. The van der Waals surface area contributed by atoms with Gasteiger partial charge >= 0.3 is 0 Å². The molecule has 0 radical (unpaired) electrons. The number of morpholine rings is 1. The highest BCUT2D eigenvalue weighted by molar-refractivity contribution is 5.95. The first-order chi connectivity index (χ1) is 11.7. The Morgan fingerprint density at radius 2 is 1.92 bits per heavy atom. The fourth-order valence-corrected chi connectivity index (χ4v) is 3.09. The summed E-state index contributed by atoms with van der Waals surface area (Å²) in [4.78, 5) is 26.1. The van der Waals surface area contributed by atoms with Crippen LogP contribution in [0.5, 0.6) is 0 Å². The Hall–Kier alpha value is -1.63. The van der Waals surface area contributed by atoms with E-state index >= 15 is 0 Å².